The Balaban J connectivity index is 1.51. The van der Waals surface area contributed by atoms with Gasteiger partial charge in [0.2, 0.25) is 5.91 Å². The fourth-order valence-corrected chi connectivity index (χ4v) is 3.63. The molecular weight excluding hydrogens is 517 g/mol. The minimum absolute atomic E-state index is 0.0175. The zero-order valence-corrected chi connectivity index (χ0v) is 20.9. The highest BCUT2D eigenvalue weighted by Gasteiger charge is 2.12. The van der Waals surface area contributed by atoms with Crippen molar-refractivity contribution < 1.29 is 23.5 Å². The van der Waals surface area contributed by atoms with Crippen LogP contribution in [-0.4, -0.2) is 31.7 Å². The van der Waals surface area contributed by atoms with Gasteiger partial charge in [0.05, 0.1) is 23.4 Å². The lowest BCUT2D eigenvalue weighted by Gasteiger charge is -2.13. The maximum absolute atomic E-state index is 13.6. The fourth-order valence-electron chi connectivity index (χ4n) is 3.06. The molecule has 0 radical (unpaired) electrons. The summed E-state index contributed by atoms with van der Waals surface area (Å²) in [7, 11) is 1.54. The summed E-state index contributed by atoms with van der Waals surface area (Å²) in [4.78, 5) is 24.0. The van der Waals surface area contributed by atoms with Gasteiger partial charge in [-0.2, -0.15) is 5.10 Å². The molecule has 35 heavy (non-hydrogen) atoms. The number of amides is 2. The summed E-state index contributed by atoms with van der Waals surface area (Å²) in [5.41, 5.74) is 5.20. The van der Waals surface area contributed by atoms with E-state index in [4.69, 9.17) is 9.47 Å². The van der Waals surface area contributed by atoms with Crippen LogP contribution in [0.25, 0.3) is 0 Å². The molecule has 0 saturated carbocycles. The molecule has 0 aromatic heterocycles. The van der Waals surface area contributed by atoms with E-state index in [1.54, 1.807) is 25.3 Å². The molecule has 3 rings (SSSR count). The molecule has 2 N–H and O–H groups in total. The van der Waals surface area contributed by atoms with Crippen molar-refractivity contribution >= 4 is 34.0 Å². The van der Waals surface area contributed by atoms with Gasteiger partial charge in [0, 0.05) is 13.0 Å². The van der Waals surface area contributed by atoms with Crippen molar-refractivity contribution in [3.63, 3.8) is 0 Å². The molecule has 3 aromatic carbocycles. The first-order valence-electron chi connectivity index (χ1n) is 10.8. The van der Waals surface area contributed by atoms with Crippen molar-refractivity contribution in [1.29, 1.82) is 0 Å². The van der Waals surface area contributed by atoms with Crippen molar-refractivity contribution in [2.45, 2.75) is 20.0 Å². The molecule has 0 atom stereocenters. The molecule has 2 amide bonds. The fraction of sp³-hybridized carbons (Fsp3) is 0.192. The van der Waals surface area contributed by atoms with Crippen LogP contribution in [0.5, 0.6) is 11.5 Å². The highest BCUT2D eigenvalue weighted by atomic mass is 79.9. The van der Waals surface area contributed by atoms with Crippen molar-refractivity contribution in [3.8, 4) is 11.5 Å². The monoisotopic (exact) mass is 541 g/mol. The second-order valence-corrected chi connectivity index (χ2v) is 8.44. The Labute approximate surface area is 211 Å². The Hall–Kier alpha value is -3.72. The zero-order chi connectivity index (χ0) is 25.2. The minimum Gasteiger partial charge on any atom is -0.493 e. The van der Waals surface area contributed by atoms with Gasteiger partial charge in [0.1, 0.15) is 12.4 Å². The van der Waals surface area contributed by atoms with Crippen molar-refractivity contribution in [3.05, 3.63) is 93.2 Å². The Bertz CT molecular complexity index is 1220. The number of hydrazone groups is 1. The topological polar surface area (TPSA) is 89.0 Å². The number of hydrogen-bond acceptors (Lipinski definition) is 5. The third-order valence-electron chi connectivity index (χ3n) is 4.91. The van der Waals surface area contributed by atoms with E-state index < -0.39 is 17.6 Å². The van der Waals surface area contributed by atoms with Gasteiger partial charge in [-0.1, -0.05) is 42.0 Å². The highest BCUT2D eigenvalue weighted by molar-refractivity contribution is 9.10. The van der Waals surface area contributed by atoms with E-state index in [-0.39, 0.29) is 18.5 Å². The van der Waals surface area contributed by atoms with Gasteiger partial charge in [-0.05, 0) is 58.2 Å². The summed E-state index contributed by atoms with van der Waals surface area (Å²) >= 11 is 3.50. The van der Waals surface area contributed by atoms with Crippen LogP contribution in [0.15, 0.2) is 70.2 Å². The van der Waals surface area contributed by atoms with Gasteiger partial charge in [0.15, 0.2) is 11.5 Å². The molecule has 0 unspecified atom stereocenters. The average Bonchev–Trinajstić information content (AvgIpc) is 2.84. The van der Waals surface area contributed by atoms with Gasteiger partial charge in [-0.25, -0.2) is 9.82 Å². The van der Waals surface area contributed by atoms with Crippen LogP contribution in [0.1, 0.15) is 33.5 Å². The second-order valence-electron chi connectivity index (χ2n) is 7.59. The number of nitrogens with zero attached hydrogens (tertiary/aromatic N) is 1. The standard InChI is InChI=1S/C26H25BrFN3O4/c1-17-7-9-18(10-8-17)16-35-25-21(27)13-19(14-23(25)34-2)15-30-31-24(32)11-12-29-26(33)20-5-3-4-6-22(20)28/h3-10,13-15H,11-12,16H2,1-2H3,(H,29,33)(H,31,32). The molecule has 9 heteroatoms. The number of ether oxygens (including phenoxy) is 2. The Morgan fingerprint density at radius 2 is 1.86 bits per heavy atom. The summed E-state index contributed by atoms with van der Waals surface area (Å²) in [6, 6.07) is 17.2. The van der Waals surface area contributed by atoms with Crippen molar-refractivity contribution in [1.82, 2.24) is 10.7 Å². The van der Waals surface area contributed by atoms with Crippen molar-refractivity contribution in [2.75, 3.05) is 13.7 Å². The lowest BCUT2D eigenvalue weighted by Crippen LogP contribution is -2.29. The van der Waals surface area contributed by atoms with Crippen LogP contribution in [0.4, 0.5) is 4.39 Å². The number of carbonyl (C=O) groups excluding carboxylic acids is 2. The molecule has 0 aliphatic heterocycles. The number of halogens is 2. The minimum atomic E-state index is -0.618. The predicted molar refractivity (Wildman–Crippen MR) is 135 cm³/mol. The maximum atomic E-state index is 13.6. The molecule has 7 nitrogen and oxygen atoms in total. The summed E-state index contributed by atoms with van der Waals surface area (Å²) < 4.78 is 25.7. The van der Waals surface area contributed by atoms with E-state index in [2.05, 4.69) is 31.8 Å². The second kappa shape index (κ2) is 12.7. The normalized spacial score (nSPS) is 10.7. The molecule has 0 aliphatic rings. The van der Waals surface area contributed by atoms with E-state index in [9.17, 15) is 14.0 Å². The SMILES string of the molecule is COc1cc(C=NNC(=O)CCNC(=O)c2ccccc2F)cc(Br)c1OCc1ccc(C)cc1. The molecule has 0 aliphatic carbocycles. The van der Waals surface area contributed by atoms with Gasteiger partial charge in [-0.15, -0.1) is 0 Å². The number of nitrogens with one attached hydrogen (secondary N) is 2. The van der Waals surface area contributed by atoms with E-state index in [1.807, 2.05) is 31.2 Å². The van der Waals surface area contributed by atoms with Crippen LogP contribution >= 0.6 is 15.9 Å². The first kappa shape index (κ1) is 25.9. The Morgan fingerprint density at radius 1 is 1.11 bits per heavy atom. The van der Waals surface area contributed by atoms with E-state index in [1.165, 1.54) is 30.0 Å². The molecule has 0 heterocycles. The molecule has 0 spiro atoms. The van der Waals surface area contributed by atoms with Crippen molar-refractivity contribution in [2.24, 2.45) is 5.10 Å². The molecule has 0 saturated heterocycles. The summed E-state index contributed by atoms with van der Waals surface area (Å²) in [6.07, 6.45) is 1.45. The van der Waals surface area contributed by atoms with E-state index in [0.717, 1.165) is 5.56 Å². The van der Waals surface area contributed by atoms with Crippen LogP contribution in [-0.2, 0) is 11.4 Å². The molecule has 3 aromatic rings. The van der Waals surface area contributed by atoms with E-state index in [0.29, 0.717) is 28.1 Å². The largest absolute Gasteiger partial charge is 0.493 e. The van der Waals surface area contributed by atoms with Crippen LogP contribution in [0, 0.1) is 12.7 Å². The summed E-state index contributed by atoms with van der Waals surface area (Å²) in [5, 5.41) is 6.45. The van der Waals surface area contributed by atoms with Gasteiger partial charge in [-0.3, -0.25) is 9.59 Å². The third kappa shape index (κ3) is 7.65. The lowest BCUT2D eigenvalue weighted by atomic mass is 10.2. The van der Waals surface area contributed by atoms with Crippen LogP contribution in [0.3, 0.4) is 0 Å². The molecular formula is C26H25BrFN3O4. The average molecular weight is 542 g/mol. The van der Waals surface area contributed by atoms with Gasteiger partial charge in [0.25, 0.3) is 5.91 Å². The molecule has 0 fully saturated rings. The van der Waals surface area contributed by atoms with E-state index >= 15 is 0 Å². The smallest absolute Gasteiger partial charge is 0.254 e. The number of hydrogen-bond donors (Lipinski definition) is 2. The van der Waals surface area contributed by atoms with Gasteiger partial charge >= 0.3 is 0 Å². The Kier molecular flexibility index (Phi) is 9.37. The quantitative estimate of drug-likeness (QED) is 0.286. The highest BCUT2D eigenvalue weighted by Crippen LogP contribution is 2.36. The summed E-state index contributed by atoms with van der Waals surface area (Å²) in [6.45, 7) is 2.45. The number of rotatable bonds is 10. The third-order valence-corrected chi connectivity index (χ3v) is 5.50. The molecule has 0 bridgehead atoms. The maximum Gasteiger partial charge on any atom is 0.254 e. The zero-order valence-electron chi connectivity index (χ0n) is 19.3. The Morgan fingerprint density at radius 3 is 2.57 bits per heavy atom. The lowest BCUT2D eigenvalue weighted by molar-refractivity contribution is -0.120. The van der Waals surface area contributed by atoms with Crippen LogP contribution in [0.2, 0.25) is 0 Å². The predicted octanol–water partition coefficient (Wildman–Crippen LogP) is 4.75. The number of benzene rings is 3. The first-order valence-corrected chi connectivity index (χ1v) is 11.6. The summed E-state index contributed by atoms with van der Waals surface area (Å²) in [5.74, 6) is -0.539. The molecule has 182 valence electrons. The number of aryl methyl sites for hydroxylation is 1. The van der Waals surface area contributed by atoms with Gasteiger partial charge < -0.3 is 14.8 Å². The van der Waals surface area contributed by atoms with Crippen LogP contribution < -0.4 is 20.2 Å². The first-order chi connectivity index (χ1) is 16.9. The number of methoxy groups -OCH3 is 1. The number of carbonyl (C=O) groups is 2.